The van der Waals surface area contributed by atoms with Crippen molar-refractivity contribution in [1.29, 1.82) is 5.41 Å². The summed E-state index contributed by atoms with van der Waals surface area (Å²) >= 11 is 0. The van der Waals surface area contributed by atoms with Gasteiger partial charge in [0, 0.05) is 18.0 Å². The van der Waals surface area contributed by atoms with Gasteiger partial charge in [0.2, 0.25) is 0 Å². The van der Waals surface area contributed by atoms with Crippen LogP contribution in [0.2, 0.25) is 0 Å². The van der Waals surface area contributed by atoms with Crippen molar-refractivity contribution in [3.8, 4) is 0 Å². The first-order valence-corrected chi connectivity index (χ1v) is 6.44. The molecule has 0 aromatic carbocycles. The Morgan fingerprint density at radius 3 is 2.24 bits per heavy atom. The molecule has 0 rings (SSSR count). The van der Waals surface area contributed by atoms with Crippen molar-refractivity contribution in [1.82, 2.24) is 9.80 Å². The largest absolute Gasteiger partial charge is 0.387 e. The van der Waals surface area contributed by atoms with Crippen molar-refractivity contribution in [3.05, 3.63) is 0 Å². The zero-order valence-electron chi connectivity index (χ0n) is 12.4. The van der Waals surface area contributed by atoms with Gasteiger partial charge in [-0.05, 0) is 40.5 Å². The third-order valence-electron chi connectivity index (χ3n) is 3.41. The highest BCUT2D eigenvalue weighted by molar-refractivity contribution is 5.82. The summed E-state index contributed by atoms with van der Waals surface area (Å²) in [5.74, 6) is 0.286. The molecule has 0 aliphatic rings. The molecule has 0 amide bonds. The molecule has 0 aliphatic carbocycles. The maximum atomic E-state index is 7.57. The van der Waals surface area contributed by atoms with E-state index in [2.05, 4.69) is 37.7 Å². The van der Waals surface area contributed by atoms with Gasteiger partial charge in [0.25, 0.3) is 0 Å². The quantitative estimate of drug-likeness (QED) is 0.502. The SMILES string of the molecule is CCN(CCC(C)(C)C(=N)N)C(C)CN(C)C. The van der Waals surface area contributed by atoms with Crippen molar-refractivity contribution in [2.75, 3.05) is 33.7 Å². The Morgan fingerprint density at radius 1 is 1.35 bits per heavy atom. The molecule has 17 heavy (non-hydrogen) atoms. The Morgan fingerprint density at radius 2 is 1.88 bits per heavy atom. The third-order valence-corrected chi connectivity index (χ3v) is 3.41. The van der Waals surface area contributed by atoms with Crippen LogP contribution in [0.1, 0.15) is 34.1 Å². The van der Waals surface area contributed by atoms with Gasteiger partial charge in [-0.15, -0.1) is 0 Å². The molecular formula is C13H30N4. The number of amidine groups is 1. The third kappa shape index (κ3) is 6.03. The fourth-order valence-corrected chi connectivity index (χ4v) is 1.89. The Kier molecular flexibility index (Phi) is 6.72. The highest BCUT2D eigenvalue weighted by Gasteiger charge is 2.23. The number of likely N-dealkylation sites (N-methyl/N-ethyl adjacent to an activating group) is 2. The van der Waals surface area contributed by atoms with E-state index in [4.69, 9.17) is 11.1 Å². The van der Waals surface area contributed by atoms with Crippen LogP contribution >= 0.6 is 0 Å². The predicted octanol–water partition coefficient (Wildman–Crippen LogP) is 1.61. The van der Waals surface area contributed by atoms with Crippen molar-refractivity contribution < 1.29 is 0 Å². The van der Waals surface area contributed by atoms with E-state index < -0.39 is 0 Å². The number of nitrogens with zero attached hydrogens (tertiary/aromatic N) is 2. The molecule has 102 valence electrons. The molecule has 0 heterocycles. The minimum Gasteiger partial charge on any atom is -0.387 e. The van der Waals surface area contributed by atoms with Crippen LogP contribution < -0.4 is 5.73 Å². The molecule has 0 saturated carbocycles. The number of hydrogen-bond acceptors (Lipinski definition) is 3. The summed E-state index contributed by atoms with van der Waals surface area (Å²) in [6.07, 6.45) is 0.938. The molecule has 1 unspecified atom stereocenters. The van der Waals surface area contributed by atoms with E-state index in [1.165, 1.54) is 0 Å². The summed E-state index contributed by atoms with van der Waals surface area (Å²) in [7, 11) is 4.20. The lowest BCUT2D eigenvalue weighted by atomic mass is 9.88. The van der Waals surface area contributed by atoms with Crippen molar-refractivity contribution in [2.45, 2.75) is 40.2 Å². The van der Waals surface area contributed by atoms with E-state index in [0.29, 0.717) is 6.04 Å². The molecule has 4 nitrogen and oxygen atoms in total. The van der Waals surface area contributed by atoms with Gasteiger partial charge in [-0.3, -0.25) is 10.3 Å². The second-order valence-corrected chi connectivity index (χ2v) is 5.79. The summed E-state index contributed by atoms with van der Waals surface area (Å²) in [5, 5.41) is 7.57. The minimum atomic E-state index is -0.189. The van der Waals surface area contributed by atoms with E-state index in [1.54, 1.807) is 0 Å². The second kappa shape index (κ2) is 6.97. The average Bonchev–Trinajstić information content (AvgIpc) is 2.16. The zero-order valence-corrected chi connectivity index (χ0v) is 12.4. The maximum absolute atomic E-state index is 7.57. The van der Waals surface area contributed by atoms with Crippen LogP contribution in [0.3, 0.4) is 0 Å². The topological polar surface area (TPSA) is 56.4 Å². The smallest absolute Gasteiger partial charge is 0.0963 e. The van der Waals surface area contributed by atoms with Crippen LogP contribution in [0.25, 0.3) is 0 Å². The van der Waals surface area contributed by atoms with Gasteiger partial charge in [-0.25, -0.2) is 0 Å². The van der Waals surface area contributed by atoms with Crippen molar-refractivity contribution >= 4 is 5.84 Å². The van der Waals surface area contributed by atoms with Gasteiger partial charge in [-0.2, -0.15) is 0 Å². The molecule has 0 bridgehead atoms. The van der Waals surface area contributed by atoms with E-state index in [-0.39, 0.29) is 11.3 Å². The van der Waals surface area contributed by atoms with Gasteiger partial charge in [-0.1, -0.05) is 20.8 Å². The summed E-state index contributed by atoms with van der Waals surface area (Å²) in [6.45, 7) is 11.6. The highest BCUT2D eigenvalue weighted by atomic mass is 15.2. The van der Waals surface area contributed by atoms with E-state index in [9.17, 15) is 0 Å². The lowest BCUT2D eigenvalue weighted by Gasteiger charge is -2.33. The number of hydrogen-bond donors (Lipinski definition) is 2. The first kappa shape index (κ1) is 16.4. The Labute approximate surface area is 107 Å². The van der Waals surface area contributed by atoms with Crippen molar-refractivity contribution in [3.63, 3.8) is 0 Å². The summed E-state index contributed by atoms with van der Waals surface area (Å²) < 4.78 is 0. The van der Waals surface area contributed by atoms with Crippen LogP contribution in [0.15, 0.2) is 0 Å². The number of nitrogens with one attached hydrogen (secondary N) is 1. The first-order valence-electron chi connectivity index (χ1n) is 6.44. The van der Waals surface area contributed by atoms with Crippen LogP contribution in [0, 0.1) is 10.8 Å². The van der Waals surface area contributed by atoms with Gasteiger partial charge in [0.05, 0.1) is 5.84 Å². The average molecular weight is 242 g/mol. The molecule has 0 saturated heterocycles. The molecule has 0 fully saturated rings. The predicted molar refractivity (Wildman–Crippen MR) is 75.6 cm³/mol. The standard InChI is InChI=1S/C13H30N4/c1-7-17(11(2)10-16(5)6)9-8-13(3,4)12(14)15/h11H,7-10H2,1-6H3,(H3,14,15). The first-order chi connectivity index (χ1) is 7.70. The molecule has 0 aliphatic heterocycles. The van der Waals surface area contributed by atoms with Crippen LogP contribution in [0.4, 0.5) is 0 Å². The normalized spacial score (nSPS) is 14.4. The Hall–Kier alpha value is -0.610. The summed E-state index contributed by atoms with van der Waals surface area (Å²) in [5.41, 5.74) is 5.42. The molecule has 0 spiro atoms. The Bertz CT molecular complexity index is 236. The lowest BCUT2D eigenvalue weighted by Crippen LogP contribution is -2.43. The molecule has 4 heteroatoms. The van der Waals surface area contributed by atoms with Gasteiger partial charge in [0.15, 0.2) is 0 Å². The van der Waals surface area contributed by atoms with Gasteiger partial charge < -0.3 is 10.6 Å². The lowest BCUT2D eigenvalue weighted by molar-refractivity contribution is 0.168. The highest BCUT2D eigenvalue weighted by Crippen LogP contribution is 2.20. The fraction of sp³-hybridized carbons (Fsp3) is 0.923. The monoisotopic (exact) mass is 242 g/mol. The van der Waals surface area contributed by atoms with Crippen LogP contribution in [0.5, 0.6) is 0 Å². The number of nitrogens with two attached hydrogens (primary N) is 1. The van der Waals surface area contributed by atoms with Crippen LogP contribution in [-0.4, -0.2) is 55.4 Å². The fourth-order valence-electron chi connectivity index (χ4n) is 1.89. The van der Waals surface area contributed by atoms with E-state index >= 15 is 0 Å². The summed E-state index contributed by atoms with van der Waals surface area (Å²) in [4.78, 5) is 4.66. The van der Waals surface area contributed by atoms with Crippen molar-refractivity contribution in [2.24, 2.45) is 11.1 Å². The second-order valence-electron chi connectivity index (χ2n) is 5.79. The Balaban J connectivity index is 4.27. The molecule has 0 aromatic heterocycles. The maximum Gasteiger partial charge on any atom is 0.0963 e. The number of rotatable bonds is 8. The molecule has 0 aromatic rings. The van der Waals surface area contributed by atoms with E-state index in [0.717, 1.165) is 26.1 Å². The molecule has 1 atom stereocenters. The van der Waals surface area contributed by atoms with Gasteiger partial charge in [0.1, 0.15) is 0 Å². The molecule has 3 N–H and O–H groups in total. The van der Waals surface area contributed by atoms with Gasteiger partial charge >= 0.3 is 0 Å². The van der Waals surface area contributed by atoms with Crippen LogP contribution in [-0.2, 0) is 0 Å². The molecular weight excluding hydrogens is 212 g/mol. The minimum absolute atomic E-state index is 0.189. The van der Waals surface area contributed by atoms with E-state index in [1.807, 2.05) is 13.8 Å². The molecule has 0 radical (unpaired) electrons. The summed E-state index contributed by atoms with van der Waals surface area (Å²) in [6, 6.07) is 0.540. The zero-order chi connectivity index (χ0) is 13.6.